The highest BCUT2D eigenvalue weighted by Crippen LogP contribution is 2.21. The number of nitrogens with zero attached hydrogens (tertiary/aromatic N) is 1. The lowest BCUT2D eigenvalue weighted by molar-refractivity contribution is -0.123. The summed E-state index contributed by atoms with van der Waals surface area (Å²) in [7, 11) is 1.80. The first-order chi connectivity index (χ1) is 5.70. The quantitative estimate of drug-likeness (QED) is 0.537. The lowest BCUT2D eigenvalue weighted by Gasteiger charge is -2.03. The SMILES string of the molecule is C=C/C=C1/CN(C)C(=O)/C1=C/C. The number of likely N-dealkylation sites (N-methyl/N-ethyl adjacent to an activating group) is 1. The second-order valence-corrected chi connectivity index (χ2v) is 2.79. The van der Waals surface area contributed by atoms with Crippen molar-refractivity contribution in [2.24, 2.45) is 0 Å². The van der Waals surface area contributed by atoms with E-state index in [1.54, 1.807) is 18.0 Å². The van der Waals surface area contributed by atoms with Gasteiger partial charge in [0, 0.05) is 19.2 Å². The fourth-order valence-electron chi connectivity index (χ4n) is 1.35. The van der Waals surface area contributed by atoms with Crippen LogP contribution in [0.4, 0.5) is 0 Å². The van der Waals surface area contributed by atoms with E-state index in [0.29, 0.717) is 6.54 Å². The van der Waals surface area contributed by atoms with Crippen LogP contribution in [0.15, 0.2) is 36.0 Å². The van der Waals surface area contributed by atoms with E-state index in [0.717, 1.165) is 11.1 Å². The average molecular weight is 163 g/mol. The molecule has 0 spiro atoms. The molecule has 2 nitrogen and oxygen atoms in total. The fourth-order valence-corrected chi connectivity index (χ4v) is 1.35. The molecule has 1 rings (SSSR count). The maximum atomic E-state index is 11.4. The Labute approximate surface area is 72.9 Å². The van der Waals surface area contributed by atoms with Gasteiger partial charge in [0.05, 0.1) is 0 Å². The number of carbonyl (C=O) groups is 1. The maximum absolute atomic E-state index is 11.4. The molecule has 12 heavy (non-hydrogen) atoms. The highest BCUT2D eigenvalue weighted by atomic mass is 16.2. The summed E-state index contributed by atoms with van der Waals surface area (Å²) in [5, 5.41) is 0. The van der Waals surface area contributed by atoms with Crippen LogP contribution in [0.3, 0.4) is 0 Å². The third-order valence-electron chi connectivity index (χ3n) is 1.94. The Kier molecular flexibility index (Phi) is 2.48. The van der Waals surface area contributed by atoms with Crippen LogP contribution in [0.2, 0.25) is 0 Å². The number of rotatable bonds is 1. The van der Waals surface area contributed by atoms with Gasteiger partial charge in [-0.1, -0.05) is 24.8 Å². The molecule has 0 N–H and O–H groups in total. The number of likely N-dealkylation sites (tertiary alicyclic amines) is 1. The fraction of sp³-hybridized carbons (Fsp3) is 0.300. The molecular formula is C10H13NO. The molecule has 0 saturated carbocycles. The number of hydrogen-bond donors (Lipinski definition) is 0. The molecule has 0 bridgehead atoms. The van der Waals surface area contributed by atoms with E-state index in [1.807, 2.05) is 19.1 Å². The summed E-state index contributed by atoms with van der Waals surface area (Å²) >= 11 is 0. The van der Waals surface area contributed by atoms with Crippen LogP contribution >= 0.6 is 0 Å². The van der Waals surface area contributed by atoms with Crippen molar-refractivity contribution in [3.63, 3.8) is 0 Å². The summed E-state index contributed by atoms with van der Waals surface area (Å²) in [4.78, 5) is 13.1. The summed E-state index contributed by atoms with van der Waals surface area (Å²) in [6.07, 6.45) is 5.45. The smallest absolute Gasteiger partial charge is 0.253 e. The van der Waals surface area contributed by atoms with Crippen molar-refractivity contribution in [1.82, 2.24) is 4.90 Å². The molecule has 1 saturated heterocycles. The van der Waals surface area contributed by atoms with E-state index < -0.39 is 0 Å². The van der Waals surface area contributed by atoms with Gasteiger partial charge in [-0.25, -0.2) is 0 Å². The maximum Gasteiger partial charge on any atom is 0.253 e. The van der Waals surface area contributed by atoms with Gasteiger partial charge in [-0.15, -0.1) is 0 Å². The lowest BCUT2D eigenvalue weighted by Crippen LogP contribution is -2.18. The van der Waals surface area contributed by atoms with E-state index in [1.165, 1.54) is 0 Å². The summed E-state index contributed by atoms with van der Waals surface area (Å²) in [5.41, 5.74) is 1.86. The van der Waals surface area contributed by atoms with Crippen LogP contribution in [0.25, 0.3) is 0 Å². The zero-order valence-corrected chi connectivity index (χ0v) is 7.50. The highest BCUT2D eigenvalue weighted by molar-refractivity contribution is 6.01. The van der Waals surface area contributed by atoms with Crippen LogP contribution in [-0.2, 0) is 4.79 Å². The summed E-state index contributed by atoms with van der Waals surface area (Å²) in [6, 6.07) is 0. The first kappa shape index (κ1) is 8.78. The zero-order chi connectivity index (χ0) is 9.14. The van der Waals surface area contributed by atoms with Gasteiger partial charge in [-0.3, -0.25) is 4.79 Å². The molecule has 1 heterocycles. The van der Waals surface area contributed by atoms with Crippen molar-refractivity contribution in [2.75, 3.05) is 13.6 Å². The van der Waals surface area contributed by atoms with Crippen molar-refractivity contribution >= 4 is 5.91 Å². The van der Waals surface area contributed by atoms with Crippen molar-refractivity contribution in [3.05, 3.63) is 36.0 Å². The van der Waals surface area contributed by atoms with Crippen molar-refractivity contribution in [2.45, 2.75) is 6.92 Å². The Morgan fingerprint density at radius 3 is 2.75 bits per heavy atom. The Morgan fingerprint density at radius 2 is 2.25 bits per heavy atom. The number of hydrogen-bond acceptors (Lipinski definition) is 1. The molecule has 0 unspecified atom stereocenters. The minimum absolute atomic E-state index is 0.102. The summed E-state index contributed by atoms with van der Waals surface area (Å²) in [6.45, 7) is 6.19. The third-order valence-corrected chi connectivity index (χ3v) is 1.94. The Morgan fingerprint density at radius 1 is 1.58 bits per heavy atom. The number of carbonyl (C=O) groups excluding carboxylic acids is 1. The molecule has 1 amide bonds. The molecule has 2 heteroatoms. The summed E-state index contributed by atoms with van der Waals surface area (Å²) in [5.74, 6) is 0.102. The van der Waals surface area contributed by atoms with Crippen molar-refractivity contribution in [1.29, 1.82) is 0 Å². The monoisotopic (exact) mass is 163 g/mol. The standard InChI is InChI=1S/C10H13NO/c1-4-6-8-7-11(3)10(12)9(8)5-2/h4-6H,1,7H2,2-3H3/b8-6-,9-5+. The molecule has 0 aromatic heterocycles. The molecule has 0 radical (unpaired) electrons. The van der Waals surface area contributed by atoms with Crippen molar-refractivity contribution in [3.8, 4) is 0 Å². The van der Waals surface area contributed by atoms with E-state index in [-0.39, 0.29) is 5.91 Å². The van der Waals surface area contributed by atoms with Gasteiger partial charge in [-0.2, -0.15) is 0 Å². The van der Waals surface area contributed by atoms with Crippen LogP contribution in [-0.4, -0.2) is 24.4 Å². The zero-order valence-electron chi connectivity index (χ0n) is 7.50. The molecule has 0 aromatic rings. The number of allylic oxidation sites excluding steroid dienone is 3. The van der Waals surface area contributed by atoms with Gasteiger partial charge >= 0.3 is 0 Å². The highest BCUT2D eigenvalue weighted by Gasteiger charge is 2.25. The lowest BCUT2D eigenvalue weighted by atomic mass is 10.1. The molecule has 1 fully saturated rings. The summed E-state index contributed by atoms with van der Waals surface area (Å²) < 4.78 is 0. The minimum atomic E-state index is 0.102. The van der Waals surface area contributed by atoms with E-state index >= 15 is 0 Å². The Hall–Kier alpha value is -1.31. The van der Waals surface area contributed by atoms with Crippen LogP contribution in [0.1, 0.15) is 6.92 Å². The van der Waals surface area contributed by atoms with Crippen LogP contribution < -0.4 is 0 Å². The Balaban J connectivity index is 3.02. The van der Waals surface area contributed by atoms with E-state index in [9.17, 15) is 4.79 Å². The molecule has 0 aromatic carbocycles. The predicted octanol–water partition coefficient (Wildman–Crippen LogP) is 1.52. The van der Waals surface area contributed by atoms with Gasteiger partial charge in [0.1, 0.15) is 0 Å². The Bertz CT molecular complexity index is 274. The molecule has 1 aliphatic rings. The van der Waals surface area contributed by atoms with E-state index in [4.69, 9.17) is 0 Å². The van der Waals surface area contributed by atoms with E-state index in [2.05, 4.69) is 6.58 Å². The topological polar surface area (TPSA) is 20.3 Å². The van der Waals surface area contributed by atoms with Crippen LogP contribution in [0, 0.1) is 0 Å². The normalized spacial score (nSPS) is 24.2. The largest absolute Gasteiger partial charge is 0.337 e. The van der Waals surface area contributed by atoms with Gasteiger partial charge in [0.25, 0.3) is 5.91 Å². The molecule has 0 aliphatic carbocycles. The first-order valence-corrected chi connectivity index (χ1v) is 3.94. The third kappa shape index (κ3) is 1.33. The van der Waals surface area contributed by atoms with Crippen LogP contribution in [0.5, 0.6) is 0 Å². The second kappa shape index (κ2) is 3.39. The molecular weight excluding hydrogens is 150 g/mol. The predicted molar refractivity (Wildman–Crippen MR) is 49.7 cm³/mol. The van der Waals surface area contributed by atoms with Gasteiger partial charge in [-0.05, 0) is 12.5 Å². The van der Waals surface area contributed by atoms with Gasteiger partial charge < -0.3 is 4.90 Å². The second-order valence-electron chi connectivity index (χ2n) is 2.79. The first-order valence-electron chi connectivity index (χ1n) is 3.94. The van der Waals surface area contributed by atoms with Gasteiger partial charge in [0.15, 0.2) is 0 Å². The molecule has 1 aliphatic heterocycles. The van der Waals surface area contributed by atoms with Crippen molar-refractivity contribution < 1.29 is 4.79 Å². The molecule has 64 valence electrons. The minimum Gasteiger partial charge on any atom is -0.337 e. The number of amides is 1. The molecule has 0 atom stereocenters. The van der Waals surface area contributed by atoms with Gasteiger partial charge in [0.2, 0.25) is 0 Å². The average Bonchev–Trinajstić information content (AvgIpc) is 2.29.